The Kier molecular flexibility index (Phi) is 3.97. The van der Waals surface area contributed by atoms with Crippen molar-refractivity contribution in [1.29, 1.82) is 0 Å². The van der Waals surface area contributed by atoms with Gasteiger partial charge in [-0.15, -0.1) is 0 Å². The standard InChI is InChI=1S/C14H19N3O3S/c18-14-3-1-2-11-10-12(4-5-13(11)16-14)21(19,20)17-8-6-15-7-9-17/h4-5,10,15H,1-3,6-9H2,(H,16,18). The van der Waals surface area contributed by atoms with Gasteiger partial charge in [-0.1, -0.05) is 0 Å². The molecule has 3 rings (SSSR count). The van der Waals surface area contributed by atoms with Crippen molar-refractivity contribution in [3.8, 4) is 0 Å². The summed E-state index contributed by atoms with van der Waals surface area (Å²) in [6.45, 7) is 2.35. The van der Waals surface area contributed by atoms with E-state index in [0.717, 1.165) is 24.1 Å². The van der Waals surface area contributed by atoms with Gasteiger partial charge >= 0.3 is 0 Å². The van der Waals surface area contributed by atoms with Crippen LogP contribution in [0.25, 0.3) is 0 Å². The van der Waals surface area contributed by atoms with E-state index in [-0.39, 0.29) is 5.91 Å². The molecule has 1 saturated heterocycles. The van der Waals surface area contributed by atoms with Gasteiger partial charge in [0, 0.05) is 38.3 Å². The van der Waals surface area contributed by atoms with E-state index >= 15 is 0 Å². The molecule has 1 aromatic carbocycles. The van der Waals surface area contributed by atoms with Gasteiger partial charge in [0.05, 0.1) is 4.90 Å². The summed E-state index contributed by atoms with van der Waals surface area (Å²) in [7, 11) is -3.44. The van der Waals surface area contributed by atoms with Crippen LogP contribution in [0.4, 0.5) is 5.69 Å². The number of piperazine rings is 1. The molecular weight excluding hydrogens is 290 g/mol. The first-order valence-electron chi connectivity index (χ1n) is 7.21. The lowest BCUT2D eigenvalue weighted by Crippen LogP contribution is -2.46. The lowest BCUT2D eigenvalue weighted by molar-refractivity contribution is -0.116. The number of carbonyl (C=O) groups excluding carboxylic acids is 1. The molecule has 114 valence electrons. The molecule has 2 heterocycles. The van der Waals surface area contributed by atoms with Crippen molar-refractivity contribution in [2.24, 2.45) is 0 Å². The third-order valence-corrected chi connectivity index (χ3v) is 5.81. The molecule has 0 aliphatic carbocycles. The summed E-state index contributed by atoms with van der Waals surface area (Å²) in [5, 5.41) is 5.97. The molecular formula is C14H19N3O3S. The molecule has 21 heavy (non-hydrogen) atoms. The average Bonchev–Trinajstić information content (AvgIpc) is 2.68. The molecule has 0 aromatic heterocycles. The zero-order valence-corrected chi connectivity index (χ0v) is 12.6. The number of nitrogens with one attached hydrogen (secondary N) is 2. The Morgan fingerprint density at radius 1 is 1.10 bits per heavy atom. The lowest BCUT2D eigenvalue weighted by Gasteiger charge is -2.26. The molecule has 0 radical (unpaired) electrons. The van der Waals surface area contributed by atoms with E-state index in [4.69, 9.17) is 0 Å². The van der Waals surface area contributed by atoms with Crippen LogP contribution in [0.1, 0.15) is 18.4 Å². The first kappa shape index (κ1) is 14.5. The number of nitrogens with zero attached hydrogens (tertiary/aromatic N) is 1. The van der Waals surface area contributed by atoms with Gasteiger partial charge in [0.1, 0.15) is 0 Å². The highest BCUT2D eigenvalue weighted by molar-refractivity contribution is 7.89. The Morgan fingerprint density at radius 3 is 2.62 bits per heavy atom. The number of carbonyl (C=O) groups is 1. The van der Waals surface area contributed by atoms with E-state index in [1.165, 1.54) is 4.31 Å². The molecule has 1 amide bonds. The minimum atomic E-state index is -3.44. The summed E-state index contributed by atoms with van der Waals surface area (Å²) < 4.78 is 26.8. The van der Waals surface area contributed by atoms with Crippen molar-refractivity contribution in [2.45, 2.75) is 24.2 Å². The molecule has 0 atom stereocenters. The van der Waals surface area contributed by atoms with Crippen LogP contribution in [0.2, 0.25) is 0 Å². The van der Waals surface area contributed by atoms with Gasteiger partial charge in [-0.3, -0.25) is 4.79 Å². The summed E-state index contributed by atoms with van der Waals surface area (Å²) in [5.41, 5.74) is 1.63. The first-order valence-corrected chi connectivity index (χ1v) is 8.65. The molecule has 2 aliphatic heterocycles. The highest BCUT2D eigenvalue weighted by Crippen LogP contribution is 2.26. The zero-order valence-electron chi connectivity index (χ0n) is 11.8. The highest BCUT2D eigenvalue weighted by Gasteiger charge is 2.26. The number of anilines is 1. The van der Waals surface area contributed by atoms with Crippen molar-refractivity contribution in [3.05, 3.63) is 23.8 Å². The van der Waals surface area contributed by atoms with E-state index < -0.39 is 10.0 Å². The molecule has 0 unspecified atom stereocenters. The van der Waals surface area contributed by atoms with E-state index in [2.05, 4.69) is 10.6 Å². The van der Waals surface area contributed by atoms with E-state index in [0.29, 0.717) is 37.5 Å². The number of rotatable bonds is 2. The van der Waals surface area contributed by atoms with Crippen molar-refractivity contribution >= 4 is 21.6 Å². The van der Waals surface area contributed by atoms with Gasteiger partial charge < -0.3 is 10.6 Å². The topological polar surface area (TPSA) is 78.5 Å². The van der Waals surface area contributed by atoms with Crippen LogP contribution < -0.4 is 10.6 Å². The van der Waals surface area contributed by atoms with Crippen molar-refractivity contribution in [1.82, 2.24) is 9.62 Å². The molecule has 2 aliphatic rings. The molecule has 0 saturated carbocycles. The van der Waals surface area contributed by atoms with Crippen LogP contribution in [0.3, 0.4) is 0 Å². The highest BCUT2D eigenvalue weighted by atomic mass is 32.2. The molecule has 0 bridgehead atoms. The second kappa shape index (κ2) is 5.75. The number of fused-ring (bicyclic) bond motifs is 1. The van der Waals surface area contributed by atoms with Crippen LogP contribution >= 0.6 is 0 Å². The summed E-state index contributed by atoms with van der Waals surface area (Å²) in [4.78, 5) is 11.8. The van der Waals surface area contributed by atoms with Crippen LogP contribution in [0.5, 0.6) is 0 Å². The molecule has 7 heteroatoms. The maximum atomic E-state index is 12.6. The Labute approximate surface area is 124 Å². The number of aryl methyl sites for hydroxylation is 1. The second-order valence-electron chi connectivity index (χ2n) is 5.37. The zero-order chi connectivity index (χ0) is 14.9. The van der Waals surface area contributed by atoms with E-state index in [1.807, 2.05) is 0 Å². The molecule has 1 aromatic rings. The van der Waals surface area contributed by atoms with Crippen molar-refractivity contribution in [3.63, 3.8) is 0 Å². The Hall–Kier alpha value is -1.44. The molecule has 6 nitrogen and oxygen atoms in total. The number of benzene rings is 1. The summed E-state index contributed by atoms with van der Waals surface area (Å²) in [5.74, 6) is -0.00791. The van der Waals surface area contributed by atoms with Gasteiger partial charge in [0.15, 0.2) is 0 Å². The van der Waals surface area contributed by atoms with Crippen molar-refractivity contribution < 1.29 is 13.2 Å². The number of hydrogen-bond acceptors (Lipinski definition) is 4. The van der Waals surface area contributed by atoms with E-state index in [9.17, 15) is 13.2 Å². The predicted octanol–water partition coefficient (Wildman–Crippen LogP) is 0.555. The summed E-state index contributed by atoms with van der Waals surface area (Å²) in [6.07, 6.45) is 1.95. The first-order chi connectivity index (χ1) is 10.1. The average molecular weight is 309 g/mol. The van der Waals surface area contributed by atoms with Gasteiger partial charge in [-0.05, 0) is 36.6 Å². The van der Waals surface area contributed by atoms with Gasteiger partial charge in [0.25, 0.3) is 0 Å². The van der Waals surface area contributed by atoms with Crippen molar-refractivity contribution in [2.75, 3.05) is 31.5 Å². The smallest absolute Gasteiger partial charge is 0.243 e. The quantitative estimate of drug-likeness (QED) is 0.836. The maximum absolute atomic E-state index is 12.6. The van der Waals surface area contributed by atoms with Crippen LogP contribution in [-0.2, 0) is 21.2 Å². The monoisotopic (exact) mass is 309 g/mol. The third-order valence-electron chi connectivity index (χ3n) is 3.91. The number of amides is 1. The van der Waals surface area contributed by atoms with Gasteiger partial charge in [-0.2, -0.15) is 4.31 Å². The fourth-order valence-electron chi connectivity index (χ4n) is 2.75. The largest absolute Gasteiger partial charge is 0.326 e. The third kappa shape index (κ3) is 2.95. The summed E-state index contributed by atoms with van der Waals surface area (Å²) in [6, 6.07) is 4.99. The van der Waals surface area contributed by atoms with E-state index in [1.54, 1.807) is 18.2 Å². The fraction of sp³-hybridized carbons (Fsp3) is 0.500. The summed E-state index contributed by atoms with van der Waals surface area (Å²) >= 11 is 0. The maximum Gasteiger partial charge on any atom is 0.243 e. The SMILES string of the molecule is O=C1CCCc2cc(S(=O)(=O)N3CCNCC3)ccc2N1. The predicted molar refractivity (Wildman–Crippen MR) is 79.6 cm³/mol. The second-order valence-corrected chi connectivity index (χ2v) is 7.31. The van der Waals surface area contributed by atoms with Gasteiger partial charge in [-0.25, -0.2) is 8.42 Å². The molecule has 1 fully saturated rings. The van der Waals surface area contributed by atoms with Crippen LogP contribution in [0.15, 0.2) is 23.1 Å². The lowest BCUT2D eigenvalue weighted by atomic mass is 10.1. The minimum Gasteiger partial charge on any atom is -0.326 e. The van der Waals surface area contributed by atoms with Crippen LogP contribution in [0, 0.1) is 0 Å². The molecule has 2 N–H and O–H groups in total. The number of sulfonamides is 1. The minimum absolute atomic E-state index is 0.00791. The number of hydrogen-bond donors (Lipinski definition) is 2. The fourth-order valence-corrected chi connectivity index (χ4v) is 4.24. The van der Waals surface area contributed by atoms with Crippen LogP contribution in [-0.4, -0.2) is 44.8 Å². The molecule has 0 spiro atoms. The Balaban J connectivity index is 1.92. The normalized spacial score (nSPS) is 20.5. The Bertz CT molecular complexity index is 651. The Morgan fingerprint density at radius 2 is 1.86 bits per heavy atom. The van der Waals surface area contributed by atoms with Gasteiger partial charge in [0.2, 0.25) is 15.9 Å².